The second-order valence-corrected chi connectivity index (χ2v) is 6.09. The number of rotatable bonds is 10. The van der Waals surface area contributed by atoms with Crippen molar-refractivity contribution in [3.8, 4) is 0 Å². The topological polar surface area (TPSA) is 28.2 Å². The number of thiazole rings is 1. The van der Waals surface area contributed by atoms with E-state index in [9.17, 15) is 0 Å². The molecule has 1 aromatic rings. The van der Waals surface area contributed by atoms with Crippen LogP contribution in [0.2, 0.25) is 0 Å². The lowest BCUT2D eigenvalue weighted by molar-refractivity contribution is 0.702. The fraction of sp³-hybridized carbons (Fsp3) is 0.800. The predicted octanol–water partition coefficient (Wildman–Crippen LogP) is 3.83. The molecule has 0 spiro atoms. The first-order valence-corrected chi connectivity index (χ1v) is 8.44. The summed E-state index contributed by atoms with van der Waals surface area (Å²) < 4.78 is 0. The van der Waals surface area contributed by atoms with Gasteiger partial charge < -0.3 is 10.2 Å². The van der Waals surface area contributed by atoms with E-state index in [2.05, 4.69) is 38.0 Å². The van der Waals surface area contributed by atoms with E-state index in [4.69, 9.17) is 4.98 Å². The first-order valence-electron chi connectivity index (χ1n) is 7.63. The molecule has 0 saturated heterocycles. The maximum absolute atomic E-state index is 4.84. The summed E-state index contributed by atoms with van der Waals surface area (Å²) in [6.45, 7) is 9.72. The highest BCUT2D eigenvalue weighted by Crippen LogP contribution is 2.26. The number of nitrogens with zero attached hydrogens (tertiary/aromatic N) is 2. The van der Waals surface area contributed by atoms with Crippen molar-refractivity contribution in [3.63, 3.8) is 0 Å². The molecule has 1 rings (SSSR count). The lowest BCUT2D eigenvalue weighted by atomic mass is 10.2. The van der Waals surface area contributed by atoms with Crippen molar-refractivity contribution in [2.24, 2.45) is 0 Å². The zero-order valence-electron chi connectivity index (χ0n) is 13.0. The summed E-state index contributed by atoms with van der Waals surface area (Å²) in [5.41, 5.74) is 1.30. The molecule has 0 unspecified atom stereocenters. The van der Waals surface area contributed by atoms with Crippen molar-refractivity contribution in [1.29, 1.82) is 0 Å². The van der Waals surface area contributed by atoms with Crippen LogP contribution < -0.4 is 10.2 Å². The fourth-order valence-corrected chi connectivity index (χ4v) is 3.10. The molecule has 1 aromatic heterocycles. The summed E-state index contributed by atoms with van der Waals surface area (Å²) in [7, 11) is 2.17. The minimum atomic E-state index is 0.965. The first-order chi connectivity index (χ1) is 9.22. The normalized spacial score (nSPS) is 10.9. The SMILES string of the molecule is CCCCCN(C)c1nc(CCC)c(CNCC)s1. The molecule has 0 fully saturated rings. The van der Waals surface area contributed by atoms with Crippen LogP contribution in [0.4, 0.5) is 5.13 Å². The minimum absolute atomic E-state index is 0.965. The molecule has 19 heavy (non-hydrogen) atoms. The smallest absolute Gasteiger partial charge is 0.185 e. The lowest BCUT2D eigenvalue weighted by Crippen LogP contribution is -2.18. The number of unbranched alkanes of at least 4 members (excludes halogenated alkanes) is 2. The molecule has 1 N–H and O–H groups in total. The van der Waals surface area contributed by atoms with Gasteiger partial charge in [-0.05, 0) is 19.4 Å². The van der Waals surface area contributed by atoms with E-state index in [-0.39, 0.29) is 0 Å². The van der Waals surface area contributed by atoms with E-state index in [1.165, 1.54) is 41.4 Å². The number of aryl methyl sites for hydroxylation is 1. The van der Waals surface area contributed by atoms with E-state index in [0.29, 0.717) is 0 Å². The summed E-state index contributed by atoms with van der Waals surface area (Å²) in [5.74, 6) is 0. The van der Waals surface area contributed by atoms with Crippen LogP contribution in [0.15, 0.2) is 0 Å². The van der Waals surface area contributed by atoms with Crippen LogP contribution in [0.25, 0.3) is 0 Å². The van der Waals surface area contributed by atoms with E-state index in [0.717, 1.165) is 26.1 Å². The van der Waals surface area contributed by atoms with Crippen molar-refractivity contribution in [2.75, 3.05) is 25.0 Å². The van der Waals surface area contributed by atoms with Crippen LogP contribution in [0.1, 0.15) is 57.0 Å². The summed E-state index contributed by atoms with van der Waals surface area (Å²) in [5, 5.41) is 4.61. The van der Waals surface area contributed by atoms with Gasteiger partial charge in [0.05, 0.1) is 5.69 Å². The molecule has 3 nitrogen and oxygen atoms in total. The summed E-state index contributed by atoms with van der Waals surface area (Å²) in [6, 6.07) is 0. The third-order valence-electron chi connectivity index (χ3n) is 3.21. The maximum Gasteiger partial charge on any atom is 0.185 e. The summed E-state index contributed by atoms with van der Waals surface area (Å²) in [6.07, 6.45) is 6.11. The molecule has 0 aliphatic carbocycles. The monoisotopic (exact) mass is 283 g/mol. The number of hydrogen-bond donors (Lipinski definition) is 1. The van der Waals surface area contributed by atoms with Crippen molar-refractivity contribution in [3.05, 3.63) is 10.6 Å². The maximum atomic E-state index is 4.84. The van der Waals surface area contributed by atoms with E-state index >= 15 is 0 Å². The van der Waals surface area contributed by atoms with Gasteiger partial charge in [-0.15, -0.1) is 11.3 Å². The summed E-state index contributed by atoms with van der Waals surface area (Å²) in [4.78, 5) is 8.57. The first kappa shape index (κ1) is 16.4. The van der Waals surface area contributed by atoms with Crippen LogP contribution in [-0.2, 0) is 13.0 Å². The van der Waals surface area contributed by atoms with Crippen molar-refractivity contribution < 1.29 is 0 Å². The molecular formula is C15H29N3S. The Labute approximate surface area is 122 Å². The number of aromatic nitrogens is 1. The van der Waals surface area contributed by atoms with Gasteiger partial charge in [-0.3, -0.25) is 0 Å². The van der Waals surface area contributed by atoms with Gasteiger partial charge in [0.15, 0.2) is 5.13 Å². The third kappa shape index (κ3) is 5.49. The molecule has 110 valence electrons. The Morgan fingerprint density at radius 2 is 1.95 bits per heavy atom. The largest absolute Gasteiger partial charge is 0.351 e. The van der Waals surface area contributed by atoms with Gasteiger partial charge in [0.25, 0.3) is 0 Å². The molecular weight excluding hydrogens is 254 g/mol. The van der Waals surface area contributed by atoms with Gasteiger partial charge in [-0.2, -0.15) is 0 Å². The van der Waals surface area contributed by atoms with Crippen LogP contribution in [0.5, 0.6) is 0 Å². The minimum Gasteiger partial charge on any atom is -0.351 e. The zero-order chi connectivity index (χ0) is 14.1. The molecule has 0 atom stereocenters. The van der Waals surface area contributed by atoms with Gasteiger partial charge in [0.1, 0.15) is 0 Å². The van der Waals surface area contributed by atoms with Crippen molar-refractivity contribution in [2.45, 2.75) is 59.4 Å². The quantitative estimate of drug-likeness (QED) is 0.661. The molecule has 0 aliphatic rings. The fourth-order valence-electron chi connectivity index (χ4n) is 2.04. The van der Waals surface area contributed by atoms with E-state index in [1.54, 1.807) is 0 Å². The molecule has 0 saturated carbocycles. The standard InChI is InChI=1S/C15H29N3S/c1-5-8-9-11-18(4)15-17-13(10-6-2)14(19-15)12-16-7-3/h16H,5-12H2,1-4H3. The Balaban J connectivity index is 2.66. The van der Waals surface area contributed by atoms with Crippen molar-refractivity contribution >= 4 is 16.5 Å². The van der Waals surface area contributed by atoms with Crippen LogP contribution in [0, 0.1) is 0 Å². The Kier molecular flexibility index (Phi) is 8.07. The highest BCUT2D eigenvalue weighted by molar-refractivity contribution is 7.15. The second kappa shape index (κ2) is 9.32. The Morgan fingerprint density at radius 3 is 2.58 bits per heavy atom. The predicted molar refractivity (Wildman–Crippen MR) is 86.3 cm³/mol. The van der Waals surface area contributed by atoms with Gasteiger partial charge >= 0.3 is 0 Å². The number of anilines is 1. The second-order valence-electron chi connectivity index (χ2n) is 5.03. The Hall–Kier alpha value is -0.610. The van der Waals surface area contributed by atoms with E-state index < -0.39 is 0 Å². The van der Waals surface area contributed by atoms with Gasteiger partial charge in [0, 0.05) is 25.0 Å². The average Bonchev–Trinajstić information content (AvgIpc) is 2.80. The molecule has 1 heterocycles. The van der Waals surface area contributed by atoms with E-state index in [1.807, 2.05) is 11.3 Å². The number of hydrogen-bond acceptors (Lipinski definition) is 4. The van der Waals surface area contributed by atoms with Crippen LogP contribution in [0.3, 0.4) is 0 Å². The molecule has 0 radical (unpaired) electrons. The van der Waals surface area contributed by atoms with Crippen LogP contribution >= 0.6 is 11.3 Å². The zero-order valence-corrected chi connectivity index (χ0v) is 13.8. The third-order valence-corrected chi connectivity index (χ3v) is 4.42. The van der Waals surface area contributed by atoms with Crippen LogP contribution in [-0.4, -0.2) is 25.1 Å². The molecule has 0 amide bonds. The Bertz CT molecular complexity index is 349. The van der Waals surface area contributed by atoms with Gasteiger partial charge in [-0.1, -0.05) is 40.0 Å². The highest BCUT2D eigenvalue weighted by atomic mass is 32.1. The van der Waals surface area contributed by atoms with Gasteiger partial charge in [0.2, 0.25) is 0 Å². The molecule has 0 aromatic carbocycles. The molecule has 0 aliphatic heterocycles. The summed E-state index contributed by atoms with van der Waals surface area (Å²) >= 11 is 1.86. The highest BCUT2D eigenvalue weighted by Gasteiger charge is 2.12. The van der Waals surface area contributed by atoms with Gasteiger partial charge in [-0.25, -0.2) is 4.98 Å². The Morgan fingerprint density at radius 1 is 1.16 bits per heavy atom. The molecule has 4 heteroatoms. The van der Waals surface area contributed by atoms with Crippen molar-refractivity contribution in [1.82, 2.24) is 10.3 Å². The number of nitrogens with one attached hydrogen (secondary N) is 1. The lowest BCUT2D eigenvalue weighted by Gasteiger charge is -2.14. The average molecular weight is 283 g/mol. The molecule has 0 bridgehead atoms.